The molecule has 1 aliphatic rings. The predicted octanol–water partition coefficient (Wildman–Crippen LogP) is 1.62. The lowest BCUT2D eigenvalue weighted by Gasteiger charge is -2.09. The maximum atomic E-state index is 12.0. The van der Waals surface area contributed by atoms with E-state index in [2.05, 4.69) is 0 Å². The lowest BCUT2D eigenvalue weighted by Crippen LogP contribution is -2.14. The van der Waals surface area contributed by atoms with E-state index in [9.17, 15) is 9.90 Å². The molecule has 0 saturated carbocycles. The Labute approximate surface area is 93.8 Å². The summed E-state index contributed by atoms with van der Waals surface area (Å²) < 4.78 is 10.1. The Morgan fingerprint density at radius 2 is 2.38 bits per heavy atom. The fourth-order valence-electron chi connectivity index (χ4n) is 1.81. The fraction of sp³-hybridized carbons (Fsp3) is 0.417. The molecule has 4 heteroatoms. The standard InChI is InChI=1S/C12H14O4/c1-15-11-6-8(2-3-10(11)13)12(14)9-4-5-16-7-9/h2-3,6,9,13H,4-5,7H2,1H3. The number of methoxy groups -OCH3 is 1. The Balaban J connectivity index is 2.22. The molecule has 1 atom stereocenters. The van der Waals surface area contributed by atoms with Gasteiger partial charge in [-0.15, -0.1) is 0 Å². The van der Waals surface area contributed by atoms with Crippen LogP contribution in [0.2, 0.25) is 0 Å². The number of carbonyl (C=O) groups is 1. The number of rotatable bonds is 3. The normalized spacial score (nSPS) is 19.7. The smallest absolute Gasteiger partial charge is 0.168 e. The van der Waals surface area contributed by atoms with E-state index in [1.165, 1.54) is 13.2 Å². The molecule has 1 saturated heterocycles. The van der Waals surface area contributed by atoms with Crippen molar-refractivity contribution in [1.29, 1.82) is 0 Å². The van der Waals surface area contributed by atoms with Gasteiger partial charge >= 0.3 is 0 Å². The Morgan fingerprint density at radius 1 is 1.56 bits per heavy atom. The van der Waals surface area contributed by atoms with Crippen LogP contribution in [0.1, 0.15) is 16.8 Å². The number of aromatic hydroxyl groups is 1. The summed E-state index contributed by atoms with van der Waals surface area (Å²) in [4.78, 5) is 12.0. The average Bonchev–Trinajstić information content (AvgIpc) is 2.82. The third-order valence-corrected chi connectivity index (χ3v) is 2.76. The largest absolute Gasteiger partial charge is 0.504 e. The van der Waals surface area contributed by atoms with Gasteiger partial charge in [-0.05, 0) is 24.6 Å². The summed E-state index contributed by atoms with van der Waals surface area (Å²) in [5.74, 6) is 0.358. The molecule has 0 aromatic heterocycles. The molecule has 1 aliphatic heterocycles. The van der Waals surface area contributed by atoms with Crippen LogP contribution < -0.4 is 4.74 Å². The van der Waals surface area contributed by atoms with Crippen LogP contribution in [0.3, 0.4) is 0 Å². The molecule has 1 aromatic carbocycles. The molecule has 0 spiro atoms. The molecule has 1 N–H and O–H groups in total. The molecule has 0 radical (unpaired) electrons. The number of carbonyl (C=O) groups excluding carboxylic acids is 1. The molecular weight excluding hydrogens is 208 g/mol. The van der Waals surface area contributed by atoms with Gasteiger partial charge in [-0.1, -0.05) is 0 Å². The summed E-state index contributed by atoms with van der Waals surface area (Å²) in [6.45, 7) is 1.13. The molecule has 1 aromatic rings. The van der Waals surface area contributed by atoms with E-state index >= 15 is 0 Å². The monoisotopic (exact) mass is 222 g/mol. The van der Waals surface area contributed by atoms with Crippen molar-refractivity contribution in [2.45, 2.75) is 6.42 Å². The van der Waals surface area contributed by atoms with E-state index in [0.717, 1.165) is 6.42 Å². The predicted molar refractivity (Wildman–Crippen MR) is 57.9 cm³/mol. The topological polar surface area (TPSA) is 55.8 Å². The lowest BCUT2D eigenvalue weighted by molar-refractivity contribution is 0.0900. The number of ether oxygens (including phenoxy) is 2. The van der Waals surface area contributed by atoms with E-state index in [-0.39, 0.29) is 17.5 Å². The summed E-state index contributed by atoms with van der Waals surface area (Å²) in [5.41, 5.74) is 0.560. The van der Waals surface area contributed by atoms with Crippen molar-refractivity contribution in [2.75, 3.05) is 20.3 Å². The van der Waals surface area contributed by atoms with Gasteiger partial charge in [-0.3, -0.25) is 4.79 Å². The van der Waals surface area contributed by atoms with E-state index in [1.807, 2.05) is 0 Å². The van der Waals surface area contributed by atoms with E-state index in [0.29, 0.717) is 24.5 Å². The molecule has 4 nitrogen and oxygen atoms in total. The molecule has 86 valence electrons. The number of phenolic OH excluding ortho intramolecular Hbond substituents is 1. The van der Waals surface area contributed by atoms with Gasteiger partial charge in [0.2, 0.25) is 0 Å². The highest BCUT2D eigenvalue weighted by Crippen LogP contribution is 2.28. The number of benzene rings is 1. The number of Topliss-reactive ketones (excluding diaryl/α,β-unsaturated/α-hetero) is 1. The Kier molecular flexibility index (Phi) is 3.10. The molecular formula is C12H14O4. The molecule has 1 unspecified atom stereocenters. The van der Waals surface area contributed by atoms with Crippen LogP contribution in [0.4, 0.5) is 0 Å². The van der Waals surface area contributed by atoms with E-state index in [1.54, 1.807) is 12.1 Å². The van der Waals surface area contributed by atoms with Gasteiger partial charge in [0, 0.05) is 18.1 Å². The number of hydrogen-bond donors (Lipinski definition) is 1. The lowest BCUT2D eigenvalue weighted by atomic mass is 9.97. The summed E-state index contributed by atoms with van der Waals surface area (Å²) in [6.07, 6.45) is 0.766. The highest BCUT2D eigenvalue weighted by atomic mass is 16.5. The maximum Gasteiger partial charge on any atom is 0.168 e. The molecule has 16 heavy (non-hydrogen) atoms. The number of hydrogen-bond acceptors (Lipinski definition) is 4. The van der Waals surface area contributed by atoms with Crippen LogP contribution in [-0.2, 0) is 4.74 Å². The first-order valence-corrected chi connectivity index (χ1v) is 5.21. The first kappa shape index (κ1) is 11.0. The third-order valence-electron chi connectivity index (χ3n) is 2.76. The highest BCUT2D eigenvalue weighted by Gasteiger charge is 2.25. The van der Waals surface area contributed by atoms with Crippen LogP contribution >= 0.6 is 0 Å². The van der Waals surface area contributed by atoms with Crippen LogP contribution in [-0.4, -0.2) is 31.2 Å². The average molecular weight is 222 g/mol. The SMILES string of the molecule is COc1cc(C(=O)C2CCOC2)ccc1O. The van der Waals surface area contributed by atoms with Crippen LogP contribution in [0.25, 0.3) is 0 Å². The Bertz CT molecular complexity index is 394. The second kappa shape index (κ2) is 4.53. The zero-order valence-electron chi connectivity index (χ0n) is 9.10. The number of phenols is 1. The summed E-state index contributed by atoms with van der Waals surface area (Å²) >= 11 is 0. The second-order valence-electron chi connectivity index (χ2n) is 3.81. The van der Waals surface area contributed by atoms with Gasteiger partial charge < -0.3 is 14.6 Å². The zero-order chi connectivity index (χ0) is 11.5. The third kappa shape index (κ3) is 2.02. The van der Waals surface area contributed by atoms with Crippen molar-refractivity contribution in [1.82, 2.24) is 0 Å². The van der Waals surface area contributed by atoms with Gasteiger partial charge in [-0.25, -0.2) is 0 Å². The van der Waals surface area contributed by atoms with Crippen molar-refractivity contribution in [3.8, 4) is 11.5 Å². The Hall–Kier alpha value is -1.55. The van der Waals surface area contributed by atoms with Crippen LogP contribution in [0.15, 0.2) is 18.2 Å². The fourth-order valence-corrected chi connectivity index (χ4v) is 1.81. The first-order valence-electron chi connectivity index (χ1n) is 5.21. The first-order chi connectivity index (χ1) is 7.72. The van der Waals surface area contributed by atoms with E-state index < -0.39 is 0 Å². The van der Waals surface area contributed by atoms with Crippen LogP contribution in [0, 0.1) is 5.92 Å². The minimum atomic E-state index is -0.0609. The molecule has 0 amide bonds. The molecule has 0 bridgehead atoms. The number of ketones is 1. The van der Waals surface area contributed by atoms with Gasteiger partial charge in [0.1, 0.15) is 0 Å². The highest BCUT2D eigenvalue weighted by molar-refractivity contribution is 5.98. The summed E-state index contributed by atoms with van der Waals surface area (Å²) in [6, 6.07) is 4.65. The Morgan fingerprint density at radius 3 is 3.00 bits per heavy atom. The van der Waals surface area contributed by atoms with Crippen molar-refractivity contribution < 1.29 is 19.4 Å². The van der Waals surface area contributed by atoms with Crippen molar-refractivity contribution in [2.24, 2.45) is 5.92 Å². The van der Waals surface area contributed by atoms with Gasteiger partial charge in [-0.2, -0.15) is 0 Å². The maximum absolute atomic E-state index is 12.0. The van der Waals surface area contributed by atoms with Crippen molar-refractivity contribution >= 4 is 5.78 Å². The van der Waals surface area contributed by atoms with Crippen molar-refractivity contribution in [3.05, 3.63) is 23.8 Å². The zero-order valence-corrected chi connectivity index (χ0v) is 9.10. The minimum absolute atomic E-state index is 0.0433. The van der Waals surface area contributed by atoms with Crippen molar-refractivity contribution in [3.63, 3.8) is 0 Å². The van der Waals surface area contributed by atoms with E-state index in [4.69, 9.17) is 9.47 Å². The van der Waals surface area contributed by atoms with Crippen LogP contribution in [0.5, 0.6) is 11.5 Å². The summed E-state index contributed by atoms with van der Waals surface area (Å²) in [7, 11) is 1.46. The molecule has 1 heterocycles. The quantitative estimate of drug-likeness (QED) is 0.789. The van der Waals surface area contributed by atoms with Gasteiger partial charge in [0.05, 0.1) is 13.7 Å². The molecule has 2 rings (SSSR count). The van der Waals surface area contributed by atoms with Gasteiger partial charge in [0.25, 0.3) is 0 Å². The second-order valence-corrected chi connectivity index (χ2v) is 3.81. The molecule has 0 aliphatic carbocycles. The summed E-state index contributed by atoms with van der Waals surface area (Å²) in [5, 5.41) is 9.42. The van der Waals surface area contributed by atoms with Gasteiger partial charge in [0.15, 0.2) is 17.3 Å². The minimum Gasteiger partial charge on any atom is -0.504 e. The molecule has 1 fully saturated rings.